The van der Waals surface area contributed by atoms with E-state index in [1.54, 1.807) is 31.2 Å². The molecule has 0 fully saturated rings. The molecule has 2 rings (SSSR count). The summed E-state index contributed by atoms with van der Waals surface area (Å²) in [6.45, 7) is 1.78. The van der Waals surface area contributed by atoms with Gasteiger partial charge in [0.05, 0.1) is 13.2 Å². The highest BCUT2D eigenvalue weighted by atomic mass is 35.5. The van der Waals surface area contributed by atoms with Gasteiger partial charge >= 0.3 is 6.03 Å². The van der Waals surface area contributed by atoms with Crippen molar-refractivity contribution in [2.24, 2.45) is 0 Å². The van der Waals surface area contributed by atoms with Gasteiger partial charge in [0.15, 0.2) is 17.4 Å². The molecule has 122 valence electrons. The highest BCUT2D eigenvalue weighted by Crippen LogP contribution is 2.25. The van der Waals surface area contributed by atoms with Crippen LogP contribution in [0.25, 0.3) is 0 Å². The van der Waals surface area contributed by atoms with Gasteiger partial charge in [-0.2, -0.15) is 0 Å². The van der Waals surface area contributed by atoms with Crippen molar-refractivity contribution < 1.29 is 18.3 Å². The number of rotatable bonds is 4. The van der Waals surface area contributed by atoms with E-state index in [0.717, 1.165) is 24.8 Å². The summed E-state index contributed by atoms with van der Waals surface area (Å²) >= 11 is 5.80. The average molecular weight is 341 g/mol. The van der Waals surface area contributed by atoms with Crippen LogP contribution in [0.2, 0.25) is 5.02 Å². The van der Waals surface area contributed by atoms with E-state index in [9.17, 15) is 13.6 Å². The van der Waals surface area contributed by atoms with E-state index in [0.29, 0.717) is 5.02 Å². The van der Waals surface area contributed by atoms with E-state index in [1.165, 1.54) is 0 Å². The largest absolute Gasteiger partial charge is 0.491 e. The van der Waals surface area contributed by atoms with Crippen LogP contribution in [0, 0.1) is 11.6 Å². The summed E-state index contributed by atoms with van der Waals surface area (Å²) < 4.78 is 31.7. The van der Waals surface area contributed by atoms with Gasteiger partial charge in [-0.1, -0.05) is 23.7 Å². The smallest absolute Gasteiger partial charge is 0.319 e. The van der Waals surface area contributed by atoms with E-state index in [4.69, 9.17) is 11.6 Å². The third-order valence-electron chi connectivity index (χ3n) is 3.18. The van der Waals surface area contributed by atoms with Crippen molar-refractivity contribution in [2.45, 2.75) is 13.0 Å². The Balaban J connectivity index is 2.03. The molecule has 0 saturated carbocycles. The molecule has 0 aromatic heterocycles. The zero-order chi connectivity index (χ0) is 17.0. The molecule has 2 amide bonds. The standard InChI is InChI=1S/C16H15ClF2N2O2/c1-9(10-3-5-11(17)6-4-10)20-16(22)21-12-7-13(18)15(23-2)14(19)8-12/h3-9H,1-2H3,(H2,20,21,22). The van der Waals surface area contributed by atoms with Gasteiger partial charge in [0.1, 0.15) is 0 Å². The number of benzene rings is 2. The maximum absolute atomic E-state index is 13.6. The molecule has 1 atom stereocenters. The van der Waals surface area contributed by atoms with Crippen molar-refractivity contribution in [1.29, 1.82) is 0 Å². The summed E-state index contributed by atoms with van der Waals surface area (Å²) in [7, 11) is 1.16. The lowest BCUT2D eigenvalue weighted by molar-refractivity contribution is 0.249. The number of nitrogens with one attached hydrogen (secondary N) is 2. The quantitative estimate of drug-likeness (QED) is 0.860. The minimum absolute atomic E-state index is 0.0124. The maximum Gasteiger partial charge on any atom is 0.319 e. The molecular formula is C16H15ClF2N2O2. The molecular weight excluding hydrogens is 326 g/mol. The number of amides is 2. The highest BCUT2D eigenvalue weighted by molar-refractivity contribution is 6.30. The van der Waals surface area contributed by atoms with E-state index >= 15 is 0 Å². The Morgan fingerprint density at radius 3 is 2.26 bits per heavy atom. The summed E-state index contributed by atoms with van der Waals surface area (Å²) in [5.74, 6) is -2.28. The lowest BCUT2D eigenvalue weighted by atomic mass is 10.1. The fourth-order valence-corrected chi connectivity index (χ4v) is 2.15. The average Bonchev–Trinajstić information content (AvgIpc) is 2.47. The predicted octanol–water partition coefficient (Wildman–Crippen LogP) is 4.51. The first kappa shape index (κ1) is 17.0. The molecule has 1 unspecified atom stereocenters. The lowest BCUT2D eigenvalue weighted by Gasteiger charge is -2.15. The summed E-state index contributed by atoms with van der Waals surface area (Å²) in [6.07, 6.45) is 0. The van der Waals surface area contributed by atoms with Crippen molar-refractivity contribution in [3.8, 4) is 5.75 Å². The number of carbonyl (C=O) groups excluding carboxylic acids is 1. The van der Waals surface area contributed by atoms with Crippen LogP contribution in [0.4, 0.5) is 19.3 Å². The third-order valence-corrected chi connectivity index (χ3v) is 3.43. The van der Waals surface area contributed by atoms with Crippen LogP contribution >= 0.6 is 11.6 Å². The summed E-state index contributed by atoms with van der Waals surface area (Å²) in [6, 6.07) is 8.04. The van der Waals surface area contributed by atoms with E-state index in [-0.39, 0.29) is 11.7 Å². The predicted molar refractivity (Wildman–Crippen MR) is 84.9 cm³/mol. The molecule has 2 aromatic carbocycles. The van der Waals surface area contributed by atoms with Gasteiger partial charge in [-0.3, -0.25) is 0 Å². The Labute approximate surface area is 137 Å². The normalized spacial score (nSPS) is 11.7. The molecule has 0 bridgehead atoms. The molecule has 23 heavy (non-hydrogen) atoms. The Kier molecular flexibility index (Phi) is 5.39. The molecule has 4 nitrogen and oxygen atoms in total. The van der Waals surface area contributed by atoms with Gasteiger partial charge in [0, 0.05) is 22.8 Å². The van der Waals surface area contributed by atoms with E-state index in [2.05, 4.69) is 15.4 Å². The molecule has 2 N–H and O–H groups in total. The second kappa shape index (κ2) is 7.28. The van der Waals surface area contributed by atoms with Crippen LogP contribution in [0.5, 0.6) is 5.75 Å². The zero-order valence-corrected chi connectivity index (χ0v) is 13.2. The Morgan fingerprint density at radius 1 is 1.17 bits per heavy atom. The van der Waals surface area contributed by atoms with Crippen LogP contribution in [-0.4, -0.2) is 13.1 Å². The van der Waals surface area contributed by atoms with Crippen molar-refractivity contribution in [2.75, 3.05) is 12.4 Å². The first-order chi connectivity index (χ1) is 10.9. The van der Waals surface area contributed by atoms with E-state index in [1.807, 2.05) is 0 Å². The number of halogens is 3. The van der Waals surface area contributed by atoms with Gasteiger partial charge in [-0.15, -0.1) is 0 Å². The molecule has 0 radical (unpaired) electrons. The van der Waals surface area contributed by atoms with Gasteiger partial charge in [0.2, 0.25) is 0 Å². The third kappa shape index (κ3) is 4.32. The lowest BCUT2D eigenvalue weighted by Crippen LogP contribution is -2.31. The van der Waals surface area contributed by atoms with Gasteiger partial charge in [-0.25, -0.2) is 13.6 Å². The molecule has 2 aromatic rings. The molecule has 7 heteroatoms. The van der Waals surface area contributed by atoms with Crippen LogP contribution in [0.3, 0.4) is 0 Å². The number of hydrogen-bond acceptors (Lipinski definition) is 2. The molecule has 0 heterocycles. The Hall–Kier alpha value is -2.34. The fourth-order valence-electron chi connectivity index (χ4n) is 2.03. The first-order valence-corrected chi connectivity index (χ1v) is 7.14. The molecule has 0 aliphatic rings. The van der Waals surface area contributed by atoms with Gasteiger partial charge in [-0.05, 0) is 24.6 Å². The Morgan fingerprint density at radius 2 is 1.74 bits per heavy atom. The number of methoxy groups -OCH3 is 1. The first-order valence-electron chi connectivity index (χ1n) is 6.76. The second-order valence-corrected chi connectivity index (χ2v) is 5.28. The summed E-state index contributed by atoms with van der Waals surface area (Å²) in [5.41, 5.74) is 0.832. The molecule has 0 saturated heterocycles. The Bertz CT molecular complexity index is 685. The van der Waals surface area contributed by atoms with Crippen molar-refractivity contribution in [1.82, 2.24) is 5.32 Å². The monoisotopic (exact) mass is 340 g/mol. The molecule has 0 aliphatic heterocycles. The summed E-state index contributed by atoms with van der Waals surface area (Å²) in [5, 5.41) is 5.63. The topological polar surface area (TPSA) is 50.4 Å². The number of ether oxygens (including phenoxy) is 1. The number of urea groups is 1. The van der Waals surface area contributed by atoms with E-state index < -0.39 is 23.4 Å². The van der Waals surface area contributed by atoms with Crippen LogP contribution < -0.4 is 15.4 Å². The van der Waals surface area contributed by atoms with Crippen LogP contribution in [-0.2, 0) is 0 Å². The summed E-state index contributed by atoms with van der Waals surface area (Å²) in [4.78, 5) is 11.9. The van der Waals surface area contributed by atoms with Gasteiger partial charge < -0.3 is 15.4 Å². The molecule has 0 spiro atoms. The van der Waals surface area contributed by atoms with Crippen molar-refractivity contribution >= 4 is 23.3 Å². The van der Waals surface area contributed by atoms with Crippen LogP contribution in [0.1, 0.15) is 18.5 Å². The SMILES string of the molecule is COc1c(F)cc(NC(=O)NC(C)c2ccc(Cl)cc2)cc1F. The minimum atomic E-state index is -0.895. The maximum atomic E-state index is 13.6. The van der Waals surface area contributed by atoms with Gasteiger partial charge in [0.25, 0.3) is 0 Å². The zero-order valence-electron chi connectivity index (χ0n) is 12.5. The highest BCUT2D eigenvalue weighted by Gasteiger charge is 2.14. The minimum Gasteiger partial charge on any atom is -0.491 e. The van der Waals surface area contributed by atoms with Crippen molar-refractivity contribution in [3.63, 3.8) is 0 Å². The number of carbonyl (C=O) groups is 1. The fraction of sp³-hybridized carbons (Fsp3) is 0.188. The number of anilines is 1. The number of hydrogen-bond donors (Lipinski definition) is 2. The molecule has 0 aliphatic carbocycles. The van der Waals surface area contributed by atoms with Crippen LogP contribution in [0.15, 0.2) is 36.4 Å². The second-order valence-electron chi connectivity index (χ2n) is 4.84. The van der Waals surface area contributed by atoms with Crippen molar-refractivity contribution in [3.05, 3.63) is 58.6 Å².